The molecular weight excluding hydrogens is 226 g/mol. The lowest BCUT2D eigenvalue weighted by molar-refractivity contribution is 0.0699. The van der Waals surface area contributed by atoms with Gasteiger partial charge in [-0.2, -0.15) is 4.37 Å². The van der Waals surface area contributed by atoms with Gasteiger partial charge in [0.25, 0.3) is 0 Å². The molecule has 1 fully saturated rings. The first-order chi connectivity index (χ1) is 7.81. The number of ether oxygens (including phenoxy) is 2. The molecule has 1 aliphatic rings. The van der Waals surface area contributed by atoms with E-state index in [0.29, 0.717) is 17.5 Å². The van der Waals surface area contributed by atoms with Crippen molar-refractivity contribution in [3.05, 3.63) is 0 Å². The Hall–Kier alpha value is -1.01. The Kier molecular flexibility index (Phi) is 3.84. The average molecular weight is 243 g/mol. The summed E-state index contributed by atoms with van der Waals surface area (Å²) in [4.78, 5) is 0. The first-order valence-corrected chi connectivity index (χ1v) is 6.19. The lowest BCUT2D eigenvalue weighted by atomic mass is 10.0. The molecule has 0 aliphatic carbocycles. The molecular formula is C10H17N3O2S. The van der Waals surface area contributed by atoms with Crippen LogP contribution in [0.5, 0.6) is 5.75 Å². The van der Waals surface area contributed by atoms with Gasteiger partial charge in [0.1, 0.15) is 0 Å². The van der Waals surface area contributed by atoms with Gasteiger partial charge in [0.15, 0.2) is 16.6 Å². The third kappa shape index (κ3) is 2.56. The molecule has 0 unspecified atom stereocenters. The SMILES string of the molecule is COc1c(N)nsc1NCC1CCOCC1. The number of hydrogen-bond donors (Lipinski definition) is 2. The Labute approximate surface area is 99.1 Å². The van der Waals surface area contributed by atoms with E-state index in [1.807, 2.05) is 0 Å². The van der Waals surface area contributed by atoms with Crippen molar-refractivity contribution >= 4 is 22.4 Å². The van der Waals surface area contributed by atoms with Crippen LogP contribution in [0.25, 0.3) is 0 Å². The summed E-state index contributed by atoms with van der Waals surface area (Å²) in [5, 5.41) is 4.27. The number of hydrogen-bond acceptors (Lipinski definition) is 6. The molecule has 2 heterocycles. The summed E-state index contributed by atoms with van der Waals surface area (Å²) in [7, 11) is 1.61. The molecule has 0 aromatic carbocycles. The molecule has 0 radical (unpaired) electrons. The molecule has 16 heavy (non-hydrogen) atoms. The zero-order valence-electron chi connectivity index (χ0n) is 9.36. The second-order valence-corrected chi connectivity index (χ2v) is 4.64. The molecule has 0 bridgehead atoms. The maximum atomic E-state index is 5.67. The molecule has 90 valence electrons. The third-order valence-electron chi connectivity index (χ3n) is 2.77. The number of nitrogens with zero attached hydrogens (tertiary/aromatic N) is 1. The van der Waals surface area contributed by atoms with Crippen molar-refractivity contribution in [3.8, 4) is 5.75 Å². The molecule has 1 aliphatic heterocycles. The van der Waals surface area contributed by atoms with Crippen LogP contribution in [0.15, 0.2) is 0 Å². The third-order valence-corrected chi connectivity index (χ3v) is 3.57. The van der Waals surface area contributed by atoms with Crippen molar-refractivity contribution in [1.29, 1.82) is 0 Å². The molecule has 3 N–H and O–H groups in total. The van der Waals surface area contributed by atoms with E-state index in [9.17, 15) is 0 Å². The van der Waals surface area contributed by atoms with E-state index in [0.717, 1.165) is 37.6 Å². The monoisotopic (exact) mass is 243 g/mol. The van der Waals surface area contributed by atoms with Crippen molar-refractivity contribution in [2.75, 3.05) is 37.9 Å². The van der Waals surface area contributed by atoms with Gasteiger partial charge >= 0.3 is 0 Å². The van der Waals surface area contributed by atoms with Crippen LogP contribution < -0.4 is 15.8 Å². The normalized spacial score (nSPS) is 17.3. The topological polar surface area (TPSA) is 69.4 Å². The van der Waals surface area contributed by atoms with Crippen LogP contribution in [-0.2, 0) is 4.74 Å². The van der Waals surface area contributed by atoms with Crippen LogP contribution in [0.2, 0.25) is 0 Å². The van der Waals surface area contributed by atoms with E-state index in [1.165, 1.54) is 11.5 Å². The van der Waals surface area contributed by atoms with E-state index in [1.54, 1.807) is 7.11 Å². The van der Waals surface area contributed by atoms with Gasteiger partial charge in [-0.15, -0.1) is 0 Å². The first kappa shape index (κ1) is 11.5. The predicted octanol–water partition coefficient (Wildman–Crippen LogP) is 1.57. The summed E-state index contributed by atoms with van der Waals surface area (Å²) in [5.74, 6) is 1.79. The fourth-order valence-electron chi connectivity index (χ4n) is 1.79. The highest BCUT2D eigenvalue weighted by Crippen LogP contribution is 2.35. The minimum atomic E-state index is 0.460. The minimum absolute atomic E-state index is 0.460. The van der Waals surface area contributed by atoms with Crippen LogP contribution in [0, 0.1) is 5.92 Å². The van der Waals surface area contributed by atoms with Gasteiger partial charge in [-0.05, 0) is 30.3 Å². The Balaban J connectivity index is 1.88. The summed E-state index contributed by atoms with van der Waals surface area (Å²) in [6, 6.07) is 0. The minimum Gasteiger partial charge on any atom is -0.490 e. The summed E-state index contributed by atoms with van der Waals surface area (Å²) in [5.41, 5.74) is 5.67. The van der Waals surface area contributed by atoms with Crippen LogP contribution in [-0.4, -0.2) is 31.2 Å². The number of methoxy groups -OCH3 is 1. The molecule has 5 nitrogen and oxygen atoms in total. The Morgan fingerprint density at radius 3 is 3.00 bits per heavy atom. The highest BCUT2D eigenvalue weighted by atomic mass is 32.1. The fourth-order valence-corrected chi connectivity index (χ4v) is 2.48. The molecule has 0 saturated carbocycles. The summed E-state index contributed by atoms with van der Waals surface area (Å²) >= 11 is 1.35. The van der Waals surface area contributed by atoms with E-state index in [2.05, 4.69) is 9.69 Å². The maximum absolute atomic E-state index is 5.67. The van der Waals surface area contributed by atoms with Crippen LogP contribution in [0.4, 0.5) is 10.8 Å². The lowest BCUT2D eigenvalue weighted by Gasteiger charge is -2.22. The number of aromatic nitrogens is 1. The van der Waals surface area contributed by atoms with Crippen LogP contribution in [0.3, 0.4) is 0 Å². The largest absolute Gasteiger partial charge is 0.490 e. The summed E-state index contributed by atoms with van der Waals surface area (Å²) in [6.07, 6.45) is 2.23. The fraction of sp³-hybridized carbons (Fsp3) is 0.700. The van der Waals surface area contributed by atoms with Crippen molar-refractivity contribution in [1.82, 2.24) is 4.37 Å². The molecule has 0 spiro atoms. The standard InChI is InChI=1S/C10H17N3O2S/c1-14-8-9(11)13-16-10(8)12-6-7-2-4-15-5-3-7/h7,12H,2-6H2,1H3,(H2,11,13). The average Bonchev–Trinajstić information content (AvgIpc) is 2.68. The molecule has 1 aromatic heterocycles. The van der Waals surface area contributed by atoms with E-state index in [-0.39, 0.29) is 0 Å². The van der Waals surface area contributed by atoms with E-state index in [4.69, 9.17) is 15.2 Å². The molecule has 2 rings (SSSR count). The lowest BCUT2D eigenvalue weighted by Crippen LogP contribution is -2.22. The van der Waals surface area contributed by atoms with Gasteiger partial charge in [-0.1, -0.05) is 0 Å². The number of nitrogens with one attached hydrogen (secondary N) is 1. The van der Waals surface area contributed by atoms with Crippen molar-refractivity contribution in [2.45, 2.75) is 12.8 Å². The van der Waals surface area contributed by atoms with Crippen molar-refractivity contribution in [3.63, 3.8) is 0 Å². The first-order valence-electron chi connectivity index (χ1n) is 5.42. The summed E-state index contributed by atoms with van der Waals surface area (Å²) < 4.78 is 14.6. The van der Waals surface area contributed by atoms with E-state index >= 15 is 0 Å². The second-order valence-electron chi connectivity index (χ2n) is 3.87. The Morgan fingerprint density at radius 1 is 1.56 bits per heavy atom. The van der Waals surface area contributed by atoms with Crippen LogP contribution in [0.1, 0.15) is 12.8 Å². The molecule has 6 heteroatoms. The quantitative estimate of drug-likeness (QED) is 0.840. The van der Waals surface area contributed by atoms with Gasteiger partial charge < -0.3 is 20.5 Å². The predicted molar refractivity (Wildman–Crippen MR) is 65.1 cm³/mol. The van der Waals surface area contributed by atoms with Gasteiger partial charge in [0.2, 0.25) is 0 Å². The van der Waals surface area contributed by atoms with Crippen molar-refractivity contribution < 1.29 is 9.47 Å². The number of anilines is 2. The molecule has 1 aromatic rings. The smallest absolute Gasteiger partial charge is 0.197 e. The number of rotatable bonds is 4. The van der Waals surface area contributed by atoms with E-state index < -0.39 is 0 Å². The Morgan fingerprint density at radius 2 is 2.31 bits per heavy atom. The molecule has 0 amide bonds. The number of nitrogens with two attached hydrogens (primary N) is 1. The molecule has 1 saturated heterocycles. The van der Waals surface area contributed by atoms with Gasteiger partial charge in [0.05, 0.1) is 7.11 Å². The second kappa shape index (κ2) is 5.36. The van der Waals surface area contributed by atoms with Crippen LogP contribution >= 0.6 is 11.5 Å². The maximum Gasteiger partial charge on any atom is 0.197 e. The van der Waals surface area contributed by atoms with Gasteiger partial charge in [0, 0.05) is 19.8 Å². The zero-order chi connectivity index (χ0) is 11.4. The highest BCUT2D eigenvalue weighted by Gasteiger charge is 2.16. The Bertz CT molecular complexity index is 337. The number of nitrogen functional groups attached to an aromatic ring is 1. The highest BCUT2D eigenvalue weighted by molar-refractivity contribution is 7.11. The summed E-state index contributed by atoms with van der Waals surface area (Å²) in [6.45, 7) is 2.67. The van der Waals surface area contributed by atoms with Crippen molar-refractivity contribution in [2.24, 2.45) is 5.92 Å². The van der Waals surface area contributed by atoms with Gasteiger partial charge in [-0.3, -0.25) is 0 Å². The zero-order valence-corrected chi connectivity index (χ0v) is 10.2. The molecule has 0 atom stereocenters. The van der Waals surface area contributed by atoms with Gasteiger partial charge in [-0.25, -0.2) is 0 Å².